The summed E-state index contributed by atoms with van der Waals surface area (Å²) in [6, 6.07) is 0. The number of hydrogen-bond donors (Lipinski definition) is 1. The van der Waals surface area contributed by atoms with Gasteiger partial charge >= 0.3 is 17.9 Å². The summed E-state index contributed by atoms with van der Waals surface area (Å²) in [5.41, 5.74) is -0.240. The Balaban J connectivity index is 4.44. The van der Waals surface area contributed by atoms with E-state index in [0.29, 0.717) is 0 Å². The van der Waals surface area contributed by atoms with Crippen molar-refractivity contribution in [3.8, 4) is 0 Å². The monoisotopic (exact) mass is 260 g/mol. The van der Waals surface area contributed by atoms with Crippen molar-refractivity contribution in [1.82, 2.24) is 0 Å². The largest absolute Gasteiger partial charge is 0.478 e. The van der Waals surface area contributed by atoms with Crippen LogP contribution in [0.5, 0.6) is 0 Å². The smallest absolute Gasteiger partial charge is 0.345 e. The van der Waals surface area contributed by atoms with Crippen molar-refractivity contribution in [1.29, 1.82) is 0 Å². The zero-order valence-electron chi connectivity index (χ0n) is 11.4. The molecule has 0 rings (SSSR count). The fourth-order valence-corrected chi connectivity index (χ4v) is 0.953. The molecule has 6 heteroatoms. The van der Waals surface area contributed by atoms with Crippen molar-refractivity contribution in [2.45, 2.75) is 53.2 Å². The van der Waals surface area contributed by atoms with Gasteiger partial charge in [0.25, 0.3) is 0 Å². The first kappa shape index (κ1) is 16.4. The van der Waals surface area contributed by atoms with Crippen molar-refractivity contribution in [3.63, 3.8) is 0 Å². The molecule has 18 heavy (non-hydrogen) atoms. The maximum Gasteiger partial charge on any atom is 0.345 e. The van der Waals surface area contributed by atoms with Gasteiger partial charge in [0.2, 0.25) is 6.10 Å². The summed E-state index contributed by atoms with van der Waals surface area (Å²) in [7, 11) is 0. The van der Waals surface area contributed by atoms with E-state index in [-0.39, 0.29) is 11.5 Å². The third-order valence-electron chi connectivity index (χ3n) is 2.46. The van der Waals surface area contributed by atoms with Gasteiger partial charge in [0, 0.05) is 6.92 Å². The van der Waals surface area contributed by atoms with Crippen molar-refractivity contribution in [3.05, 3.63) is 0 Å². The summed E-state index contributed by atoms with van der Waals surface area (Å²) in [6.45, 7) is 8.49. The normalized spacial score (nSPS) is 14.5. The first-order valence-corrected chi connectivity index (χ1v) is 5.63. The van der Waals surface area contributed by atoms with E-state index in [1.54, 1.807) is 6.92 Å². The van der Waals surface area contributed by atoms with E-state index in [4.69, 9.17) is 9.84 Å². The summed E-state index contributed by atoms with van der Waals surface area (Å²) in [5, 5.41) is 8.78. The summed E-state index contributed by atoms with van der Waals surface area (Å²) in [5.74, 6) is -2.82. The minimum absolute atomic E-state index is 0.240. The SMILES string of the molecule is CC(=O)OC(CC(=O)O[C@@H](C)C(C)(C)C)C(=O)O. The molecule has 0 aromatic heterocycles. The molecule has 0 radical (unpaired) electrons. The second-order valence-corrected chi connectivity index (χ2v) is 5.14. The van der Waals surface area contributed by atoms with Gasteiger partial charge in [-0.25, -0.2) is 4.79 Å². The van der Waals surface area contributed by atoms with Crippen LogP contribution in [0.2, 0.25) is 0 Å². The summed E-state index contributed by atoms with van der Waals surface area (Å²) < 4.78 is 9.59. The molecule has 0 amide bonds. The molecule has 0 aliphatic carbocycles. The molecule has 0 saturated heterocycles. The van der Waals surface area contributed by atoms with Gasteiger partial charge in [-0.3, -0.25) is 9.59 Å². The van der Waals surface area contributed by atoms with Crippen molar-refractivity contribution in [2.24, 2.45) is 5.41 Å². The molecule has 0 aromatic rings. The van der Waals surface area contributed by atoms with Crippen LogP contribution in [0, 0.1) is 5.41 Å². The average molecular weight is 260 g/mol. The van der Waals surface area contributed by atoms with Crippen LogP contribution in [-0.2, 0) is 23.9 Å². The van der Waals surface area contributed by atoms with Gasteiger partial charge in [0.05, 0.1) is 6.42 Å². The quantitative estimate of drug-likeness (QED) is 0.751. The van der Waals surface area contributed by atoms with Gasteiger partial charge in [0.1, 0.15) is 6.10 Å². The first-order valence-electron chi connectivity index (χ1n) is 5.63. The molecular formula is C12H20O6. The second-order valence-electron chi connectivity index (χ2n) is 5.14. The number of esters is 2. The van der Waals surface area contributed by atoms with E-state index < -0.39 is 30.4 Å². The summed E-state index contributed by atoms with van der Waals surface area (Å²) in [6.07, 6.45) is -2.35. The number of rotatable bonds is 5. The van der Waals surface area contributed by atoms with Crippen LogP contribution in [-0.4, -0.2) is 35.2 Å². The highest BCUT2D eigenvalue weighted by Gasteiger charge is 2.29. The predicted octanol–water partition coefficient (Wildman–Crippen LogP) is 1.37. The Morgan fingerprint density at radius 1 is 1.17 bits per heavy atom. The van der Waals surface area contributed by atoms with E-state index in [9.17, 15) is 14.4 Å². The van der Waals surface area contributed by atoms with Crippen molar-refractivity contribution in [2.75, 3.05) is 0 Å². The number of carboxylic acid groups (broad SMARTS) is 1. The first-order chi connectivity index (χ1) is 8.04. The fraction of sp³-hybridized carbons (Fsp3) is 0.750. The lowest BCUT2D eigenvalue weighted by molar-refractivity contribution is -0.170. The molecule has 0 fully saturated rings. The topological polar surface area (TPSA) is 89.9 Å². The van der Waals surface area contributed by atoms with Crippen molar-refractivity contribution >= 4 is 17.9 Å². The Hall–Kier alpha value is -1.59. The van der Waals surface area contributed by atoms with Crippen LogP contribution < -0.4 is 0 Å². The number of ether oxygens (including phenoxy) is 2. The second kappa shape index (κ2) is 6.37. The lowest BCUT2D eigenvalue weighted by Gasteiger charge is -2.27. The maximum atomic E-state index is 11.5. The molecular weight excluding hydrogens is 240 g/mol. The maximum absolute atomic E-state index is 11.5. The predicted molar refractivity (Wildman–Crippen MR) is 62.8 cm³/mol. The van der Waals surface area contributed by atoms with Crippen LogP contribution in [0.15, 0.2) is 0 Å². The van der Waals surface area contributed by atoms with Gasteiger partial charge in [-0.1, -0.05) is 20.8 Å². The number of carbonyl (C=O) groups is 3. The van der Waals surface area contributed by atoms with Crippen LogP contribution in [0.3, 0.4) is 0 Å². The van der Waals surface area contributed by atoms with Crippen LogP contribution in [0.4, 0.5) is 0 Å². The standard InChI is InChI=1S/C12H20O6/c1-7(12(3,4)5)17-10(14)6-9(11(15)16)18-8(2)13/h7,9H,6H2,1-5H3,(H,15,16)/t7-,9?/m0/s1. The molecule has 0 aliphatic heterocycles. The molecule has 0 saturated carbocycles. The number of carboxylic acids is 1. The van der Waals surface area contributed by atoms with E-state index in [2.05, 4.69) is 4.74 Å². The molecule has 0 bridgehead atoms. The lowest BCUT2D eigenvalue weighted by atomic mass is 9.90. The third kappa shape index (κ3) is 6.22. The number of hydrogen-bond acceptors (Lipinski definition) is 5. The van der Waals surface area contributed by atoms with Gasteiger partial charge in [-0.2, -0.15) is 0 Å². The minimum Gasteiger partial charge on any atom is -0.478 e. The zero-order valence-corrected chi connectivity index (χ0v) is 11.4. The van der Waals surface area contributed by atoms with E-state index in [0.717, 1.165) is 6.92 Å². The Kier molecular flexibility index (Phi) is 5.81. The van der Waals surface area contributed by atoms with Gasteiger partial charge in [-0.15, -0.1) is 0 Å². The van der Waals surface area contributed by atoms with Gasteiger partial charge in [0.15, 0.2) is 0 Å². The van der Waals surface area contributed by atoms with Gasteiger partial charge in [-0.05, 0) is 12.3 Å². The van der Waals surface area contributed by atoms with E-state index >= 15 is 0 Å². The minimum atomic E-state index is -1.50. The fourth-order valence-electron chi connectivity index (χ4n) is 0.953. The molecule has 2 atom stereocenters. The van der Waals surface area contributed by atoms with E-state index in [1.165, 1.54) is 0 Å². The Bertz CT molecular complexity index is 328. The van der Waals surface area contributed by atoms with E-state index in [1.807, 2.05) is 20.8 Å². The molecule has 0 spiro atoms. The summed E-state index contributed by atoms with van der Waals surface area (Å²) >= 11 is 0. The molecule has 1 N–H and O–H groups in total. The lowest BCUT2D eigenvalue weighted by Crippen LogP contribution is -2.33. The third-order valence-corrected chi connectivity index (χ3v) is 2.46. The number of aliphatic carboxylic acids is 1. The van der Waals surface area contributed by atoms with Crippen LogP contribution in [0.25, 0.3) is 0 Å². The Labute approximate surface area is 106 Å². The molecule has 0 aliphatic rings. The molecule has 6 nitrogen and oxygen atoms in total. The highest BCUT2D eigenvalue weighted by atomic mass is 16.6. The number of carbonyl (C=O) groups excluding carboxylic acids is 2. The molecule has 0 heterocycles. The molecule has 1 unspecified atom stereocenters. The van der Waals surface area contributed by atoms with Crippen molar-refractivity contribution < 1.29 is 29.0 Å². The highest BCUT2D eigenvalue weighted by Crippen LogP contribution is 2.22. The Morgan fingerprint density at radius 3 is 2.00 bits per heavy atom. The molecule has 104 valence electrons. The van der Waals surface area contributed by atoms with Gasteiger partial charge < -0.3 is 14.6 Å². The summed E-state index contributed by atoms with van der Waals surface area (Å²) in [4.78, 5) is 33.0. The molecule has 0 aromatic carbocycles. The van der Waals surface area contributed by atoms with Crippen LogP contribution in [0.1, 0.15) is 41.0 Å². The van der Waals surface area contributed by atoms with Crippen LogP contribution >= 0.6 is 0 Å². The average Bonchev–Trinajstić information content (AvgIpc) is 2.13. The highest BCUT2D eigenvalue weighted by molar-refractivity contribution is 5.83. The Morgan fingerprint density at radius 2 is 1.67 bits per heavy atom. The zero-order chi connectivity index (χ0) is 14.5.